The molecule has 5 nitrogen and oxygen atoms in total. The number of benzene rings is 2. The van der Waals surface area contributed by atoms with Crippen LogP contribution in [0, 0.1) is 0 Å². The van der Waals surface area contributed by atoms with Gasteiger partial charge in [-0.25, -0.2) is 9.97 Å². The lowest BCUT2D eigenvalue weighted by molar-refractivity contribution is 0.376. The van der Waals surface area contributed by atoms with Crippen LogP contribution in [-0.4, -0.2) is 17.1 Å². The van der Waals surface area contributed by atoms with Gasteiger partial charge < -0.3 is 15.2 Å². The van der Waals surface area contributed by atoms with Crippen LogP contribution in [0.4, 0.5) is 5.69 Å². The van der Waals surface area contributed by atoms with Gasteiger partial charge in [0.25, 0.3) is 0 Å². The molecule has 0 spiro atoms. The van der Waals surface area contributed by atoms with E-state index in [4.69, 9.17) is 15.2 Å². The second-order valence-corrected chi connectivity index (χ2v) is 4.21. The van der Waals surface area contributed by atoms with Crippen LogP contribution in [0.3, 0.4) is 0 Å². The summed E-state index contributed by atoms with van der Waals surface area (Å²) < 4.78 is 11.1. The summed E-state index contributed by atoms with van der Waals surface area (Å²) >= 11 is 0. The maximum Gasteiger partial charge on any atom is 0.230 e. The van der Waals surface area contributed by atoms with Crippen molar-refractivity contribution in [2.24, 2.45) is 0 Å². The molecule has 0 atom stereocenters. The molecule has 0 radical (unpaired) electrons. The standard InChI is InChI=1S/C15H13N3O2/c1-19-14-8-10(16)6-7-13(14)20-15-11-4-2-3-5-12(11)17-9-18-15/h2-9H,16H2,1H3. The summed E-state index contributed by atoms with van der Waals surface area (Å²) in [6.45, 7) is 0. The summed E-state index contributed by atoms with van der Waals surface area (Å²) in [5.74, 6) is 1.61. The van der Waals surface area contributed by atoms with Crippen molar-refractivity contribution in [3.63, 3.8) is 0 Å². The first kappa shape index (κ1) is 12.2. The second-order valence-electron chi connectivity index (χ2n) is 4.21. The molecule has 20 heavy (non-hydrogen) atoms. The summed E-state index contributed by atoms with van der Waals surface area (Å²) in [6, 6.07) is 12.9. The number of nitrogen functional groups attached to an aromatic ring is 1. The predicted octanol–water partition coefficient (Wildman–Crippen LogP) is 3.01. The minimum absolute atomic E-state index is 0.485. The fraction of sp³-hybridized carbons (Fsp3) is 0.0667. The minimum Gasteiger partial charge on any atom is -0.493 e. The highest BCUT2D eigenvalue weighted by atomic mass is 16.5. The van der Waals surface area contributed by atoms with E-state index in [1.54, 1.807) is 25.3 Å². The molecule has 5 heteroatoms. The first-order valence-electron chi connectivity index (χ1n) is 6.09. The number of hydrogen-bond acceptors (Lipinski definition) is 5. The van der Waals surface area contributed by atoms with E-state index in [9.17, 15) is 0 Å². The van der Waals surface area contributed by atoms with Crippen molar-refractivity contribution < 1.29 is 9.47 Å². The molecule has 2 aromatic carbocycles. The lowest BCUT2D eigenvalue weighted by Crippen LogP contribution is -1.95. The van der Waals surface area contributed by atoms with Crippen LogP contribution in [0.1, 0.15) is 0 Å². The van der Waals surface area contributed by atoms with Crippen LogP contribution in [0.5, 0.6) is 17.4 Å². The molecule has 0 saturated heterocycles. The van der Waals surface area contributed by atoms with Crippen LogP contribution in [0.15, 0.2) is 48.8 Å². The van der Waals surface area contributed by atoms with Gasteiger partial charge in [-0.2, -0.15) is 0 Å². The topological polar surface area (TPSA) is 70.3 Å². The third-order valence-electron chi connectivity index (χ3n) is 2.90. The Kier molecular flexibility index (Phi) is 3.09. The van der Waals surface area contributed by atoms with Crippen LogP contribution in [0.25, 0.3) is 10.9 Å². The Morgan fingerprint density at radius 1 is 1.00 bits per heavy atom. The predicted molar refractivity (Wildman–Crippen MR) is 77.0 cm³/mol. The number of hydrogen-bond donors (Lipinski definition) is 1. The van der Waals surface area contributed by atoms with Crippen molar-refractivity contribution >= 4 is 16.6 Å². The lowest BCUT2D eigenvalue weighted by Gasteiger charge is -2.11. The van der Waals surface area contributed by atoms with E-state index >= 15 is 0 Å². The maximum atomic E-state index is 5.84. The van der Waals surface area contributed by atoms with Crippen molar-refractivity contribution in [3.8, 4) is 17.4 Å². The van der Waals surface area contributed by atoms with Gasteiger partial charge in [-0.15, -0.1) is 0 Å². The van der Waals surface area contributed by atoms with Gasteiger partial charge >= 0.3 is 0 Å². The molecule has 0 aliphatic carbocycles. The van der Waals surface area contributed by atoms with Crippen LogP contribution in [0.2, 0.25) is 0 Å². The molecule has 2 N–H and O–H groups in total. The molecule has 100 valence electrons. The Bertz CT molecular complexity index is 754. The van der Waals surface area contributed by atoms with E-state index in [0.29, 0.717) is 23.1 Å². The monoisotopic (exact) mass is 267 g/mol. The fourth-order valence-electron chi connectivity index (χ4n) is 1.93. The third-order valence-corrected chi connectivity index (χ3v) is 2.90. The minimum atomic E-state index is 0.485. The molecular formula is C15H13N3O2. The largest absolute Gasteiger partial charge is 0.493 e. The van der Waals surface area contributed by atoms with Gasteiger partial charge in [0, 0.05) is 11.8 Å². The fourth-order valence-corrected chi connectivity index (χ4v) is 1.93. The SMILES string of the molecule is COc1cc(N)ccc1Oc1ncnc2ccccc12. The zero-order valence-corrected chi connectivity index (χ0v) is 10.9. The van der Waals surface area contributed by atoms with Gasteiger partial charge in [-0.3, -0.25) is 0 Å². The van der Waals surface area contributed by atoms with E-state index in [-0.39, 0.29) is 0 Å². The second kappa shape index (κ2) is 5.05. The van der Waals surface area contributed by atoms with Crippen molar-refractivity contribution in [3.05, 3.63) is 48.8 Å². The molecule has 3 rings (SSSR count). The number of nitrogens with zero attached hydrogens (tertiary/aromatic N) is 2. The number of ether oxygens (including phenoxy) is 2. The first-order valence-corrected chi connectivity index (χ1v) is 6.09. The Hall–Kier alpha value is -2.82. The normalized spacial score (nSPS) is 10.4. The summed E-state index contributed by atoms with van der Waals surface area (Å²) in [5.41, 5.74) is 7.16. The van der Waals surface area contributed by atoms with Gasteiger partial charge in [0.1, 0.15) is 6.33 Å². The molecule has 1 aromatic heterocycles. The molecule has 0 aliphatic heterocycles. The van der Waals surface area contributed by atoms with Gasteiger partial charge in [0.2, 0.25) is 5.88 Å². The first-order chi connectivity index (χ1) is 9.78. The zero-order chi connectivity index (χ0) is 13.9. The Labute approximate surface area is 116 Å². The van der Waals surface area contributed by atoms with Crippen LogP contribution < -0.4 is 15.2 Å². The van der Waals surface area contributed by atoms with Gasteiger partial charge in [0.15, 0.2) is 11.5 Å². The quantitative estimate of drug-likeness (QED) is 0.739. The van der Waals surface area contributed by atoms with Crippen molar-refractivity contribution in [1.82, 2.24) is 9.97 Å². The average Bonchev–Trinajstić information content (AvgIpc) is 2.49. The number of aromatic nitrogens is 2. The molecule has 3 aromatic rings. The third kappa shape index (κ3) is 2.21. The van der Waals surface area contributed by atoms with Gasteiger partial charge in [-0.1, -0.05) is 12.1 Å². The van der Waals surface area contributed by atoms with E-state index in [0.717, 1.165) is 10.9 Å². The highest BCUT2D eigenvalue weighted by Crippen LogP contribution is 2.34. The van der Waals surface area contributed by atoms with Gasteiger partial charge in [-0.05, 0) is 24.3 Å². The van der Waals surface area contributed by atoms with Crippen molar-refractivity contribution in [2.45, 2.75) is 0 Å². The Balaban J connectivity index is 2.05. The molecule has 0 amide bonds. The number of rotatable bonds is 3. The van der Waals surface area contributed by atoms with Gasteiger partial charge in [0.05, 0.1) is 18.0 Å². The summed E-state index contributed by atoms with van der Waals surface area (Å²) in [4.78, 5) is 8.38. The summed E-state index contributed by atoms with van der Waals surface area (Å²) in [7, 11) is 1.57. The Morgan fingerprint density at radius 3 is 2.70 bits per heavy atom. The summed E-state index contributed by atoms with van der Waals surface area (Å²) in [6.07, 6.45) is 1.47. The number of nitrogens with two attached hydrogens (primary N) is 1. The summed E-state index contributed by atoms with van der Waals surface area (Å²) in [5, 5.41) is 0.842. The lowest BCUT2D eigenvalue weighted by atomic mass is 10.2. The molecule has 1 heterocycles. The average molecular weight is 267 g/mol. The number of fused-ring (bicyclic) bond motifs is 1. The van der Waals surface area contributed by atoms with Crippen molar-refractivity contribution in [2.75, 3.05) is 12.8 Å². The van der Waals surface area contributed by atoms with E-state index in [1.807, 2.05) is 24.3 Å². The van der Waals surface area contributed by atoms with Crippen LogP contribution >= 0.6 is 0 Å². The smallest absolute Gasteiger partial charge is 0.230 e. The highest BCUT2D eigenvalue weighted by Gasteiger charge is 2.10. The molecule has 0 saturated carbocycles. The van der Waals surface area contributed by atoms with E-state index in [2.05, 4.69) is 9.97 Å². The molecule has 0 aliphatic rings. The number of para-hydroxylation sites is 1. The van der Waals surface area contributed by atoms with Crippen molar-refractivity contribution in [1.29, 1.82) is 0 Å². The zero-order valence-electron chi connectivity index (χ0n) is 10.9. The molecule has 0 fully saturated rings. The molecular weight excluding hydrogens is 254 g/mol. The number of methoxy groups -OCH3 is 1. The van der Waals surface area contributed by atoms with Crippen LogP contribution in [-0.2, 0) is 0 Å². The highest BCUT2D eigenvalue weighted by molar-refractivity contribution is 5.83. The maximum absolute atomic E-state index is 5.84. The molecule has 0 bridgehead atoms. The van der Waals surface area contributed by atoms with E-state index < -0.39 is 0 Å². The molecule has 0 unspecified atom stereocenters. The number of anilines is 1. The van der Waals surface area contributed by atoms with E-state index in [1.165, 1.54) is 6.33 Å². The Morgan fingerprint density at radius 2 is 1.85 bits per heavy atom.